The summed E-state index contributed by atoms with van der Waals surface area (Å²) in [5.74, 6) is -0.616. The van der Waals surface area contributed by atoms with Crippen molar-refractivity contribution in [3.05, 3.63) is 18.0 Å². The van der Waals surface area contributed by atoms with E-state index in [0.29, 0.717) is 12.6 Å². The Morgan fingerprint density at radius 1 is 1.69 bits per heavy atom. The molecular weight excluding hydrogens is 210 g/mol. The van der Waals surface area contributed by atoms with Crippen molar-refractivity contribution in [2.45, 2.75) is 12.5 Å². The number of rotatable bonds is 3. The van der Waals surface area contributed by atoms with E-state index in [0.717, 1.165) is 13.0 Å². The number of carboxylic acid groups (broad SMARTS) is 1. The standard InChI is InChI=1S/C10H13N3O3/c1-13(7-3-5-16-6-7)10-11-4-2-8(12-10)9(14)15/h2,4,7H,3,5-6H2,1H3,(H,14,15). The number of nitrogens with zero attached hydrogens (tertiary/aromatic N) is 3. The fraction of sp³-hybridized carbons (Fsp3) is 0.500. The quantitative estimate of drug-likeness (QED) is 0.799. The highest BCUT2D eigenvalue weighted by molar-refractivity contribution is 5.85. The molecule has 1 aliphatic rings. The van der Waals surface area contributed by atoms with Crippen LogP contribution in [0.3, 0.4) is 0 Å². The Morgan fingerprint density at radius 2 is 2.50 bits per heavy atom. The molecule has 2 heterocycles. The summed E-state index contributed by atoms with van der Waals surface area (Å²) in [6.45, 7) is 1.37. The third kappa shape index (κ3) is 2.11. The molecule has 6 nitrogen and oxygen atoms in total. The third-order valence-corrected chi connectivity index (χ3v) is 2.63. The summed E-state index contributed by atoms with van der Waals surface area (Å²) < 4.78 is 5.26. The number of ether oxygens (including phenoxy) is 1. The first kappa shape index (κ1) is 10.8. The topological polar surface area (TPSA) is 75.6 Å². The van der Waals surface area contributed by atoms with Gasteiger partial charge in [0.05, 0.1) is 12.6 Å². The van der Waals surface area contributed by atoms with Crippen LogP contribution in [0.15, 0.2) is 12.3 Å². The molecule has 1 fully saturated rings. The molecule has 0 saturated carbocycles. The minimum atomic E-state index is -1.04. The molecule has 1 atom stereocenters. The van der Waals surface area contributed by atoms with E-state index in [-0.39, 0.29) is 11.7 Å². The maximum atomic E-state index is 10.8. The van der Waals surface area contributed by atoms with Gasteiger partial charge in [0.25, 0.3) is 0 Å². The van der Waals surface area contributed by atoms with Gasteiger partial charge in [-0.1, -0.05) is 0 Å². The van der Waals surface area contributed by atoms with Gasteiger partial charge in [-0.05, 0) is 12.5 Å². The lowest BCUT2D eigenvalue weighted by atomic mass is 10.2. The first-order valence-electron chi connectivity index (χ1n) is 5.05. The lowest BCUT2D eigenvalue weighted by Gasteiger charge is -2.22. The second-order valence-corrected chi connectivity index (χ2v) is 3.68. The van der Waals surface area contributed by atoms with Crippen LogP contribution in [0.5, 0.6) is 0 Å². The van der Waals surface area contributed by atoms with Gasteiger partial charge in [-0.3, -0.25) is 0 Å². The summed E-state index contributed by atoms with van der Waals surface area (Å²) in [6, 6.07) is 1.61. The van der Waals surface area contributed by atoms with Crippen molar-refractivity contribution in [1.82, 2.24) is 9.97 Å². The van der Waals surface area contributed by atoms with Crippen molar-refractivity contribution in [3.8, 4) is 0 Å². The molecule has 1 aromatic rings. The van der Waals surface area contributed by atoms with Gasteiger partial charge >= 0.3 is 5.97 Å². The summed E-state index contributed by atoms with van der Waals surface area (Å²) in [5, 5.41) is 8.82. The molecule has 0 bridgehead atoms. The normalized spacial score (nSPS) is 19.7. The van der Waals surface area contributed by atoms with Gasteiger partial charge in [-0.2, -0.15) is 0 Å². The average molecular weight is 223 g/mol. The number of likely N-dealkylation sites (N-methyl/N-ethyl adjacent to an activating group) is 1. The largest absolute Gasteiger partial charge is 0.477 e. The Kier molecular flexibility index (Phi) is 3.00. The van der Waals surface area contributed by atoms with Crippen LogP contribution < -0.4 is 4.90 Å². The maximum absolute atomic E-state index is 10.8. The van der Waals surface area contributed by atoms with Gasteiger partial charge in [0.2, 0.25) is 5.95 Å². The Bertz CT molecular complexity index is 391. The van der Waals surface area contributed by atoms with Crippen LogP contribution in [0, 0.1) is 0 Å². The number of aromatic carboxylic acids is 1. The minimum Gasteiger partial charge on any atom is -0.477 e. The van der Waals surface area contributed by atoms with Crippen molar-refractivity contribution in [2.24, 2.45) is 0 Å². The fourth-order valence-electron chi connectivity index (χ4n) is 1.63. The lowest BCUT2D eigenvalue weighted by molar-refractivity contribution is 0.0690. The molecule has 1 N–H and O–H groups in total. The van der Waals surface area contributed by atoms with E-state index in [1.165, 1.54) is 12.3 Å². The van der Waals surface area contributed by atoms with Crippen LogP contribution in [0.2, 0.25) is 0 Å². The van der Waals surface area contributed by atoms with Crippen LogP contribution in [0.1, 0.15) is 16.9 Å². The summed E-state index contributed by atoms with van der Waals surface area (Å²) in [4.78, 5) is 20.7. The van der Waals surface area contributed by atoms with Crippen molar-refractivity contribution in [2.75, 3.05) is 25.2 Å². The highest BCUT2D eigenvalue weighted by atomic mass is 16.5. The van der Waals surface area contributed by atoms with E-state index in [9.17, 15) is 4.79 Å². The van der Waals surface area contributed by atoms with Crippen LogP contribution in [0.25, 0.3) is 0 Å². The van der Waals surface area contributed by atoms with Gasteiger partial charge in [0, 0.05) is 19.9 Å². The monoisotopic (exact) mass is 223 g/mol. The van der Waals surface area contributed by atoms with Crippen molar-refractivity contribution in [1.29, 1.82) is 0 Å². The number of hydrogen-bond acceptors (Lipinski definition) is 5. The van der Waals surface area contributed by atoms with Crippen molar-refractivity contribution in [3.63, 3.8) is 0 Å². The Balaban J connectivity index is 2.18. The molecule has 6 heteroatoms. The molecule has 1 aromatic heterocycles. The molecule has 2 rings (SSSR count). The van der Waals surface area contributed by atoms with E-state index in [1.807, 2.05) is 11.9 Å². The maximum Gasteiger partial charge on any atom is 0.354 e. The van der Waals surface area contributed by atoms with Gasteiger partial charge in [0.15, 0.2) is 5.69 Å². The minimum absolute atomic E-state index is 0.00997. The highest BCUT2D eigenvalue weighted by Gasteiger charge is 2.22. The predicted molar refractivity (Wildman–Crippen MR) is 56.6 cm³/mol. The zero-order chi connectivity index (χ0) is 11.5. The van der Waals surface area contributed by atoms with E-state index >= 15 is 0 Å². The van der Waals surface area contributed by atoms with Gasteiger partial charge in [-0.15, -0.1) is 0 Å². The van der Waals surface area contributed by atoms with Crippen LogP contribution >= 0.6 is 0 Å². The van der Waals surface area contributed by atoms with E-state index < -0.39 is 5.97 Å². The molecule has 86 valence electrons. The second kappa shape index (κ2) is 4.44. The third-order valence-electron chi connectivity index (χ3n) is 2.63. The van der Waals surface area contributed by atoms with Crippen LogP contribution in [0.4, 0.5) is 5.95 Å². The number of carbonyl (C=O) groups is 1. The molecule has 0 aliphatic carbocycles. The molecule has 0 spiro atoms. The number of aromatic nitrogens is 2. The zero-order valence-electron chi connectivity index (χ0n) is 8.96. The molecule has 0 radical (unpaired) electrons. The second-order valence-electron chi connectivity index (χ2n) is 3.68. The van der Waals surface area contributed by atoms with Gasteiger partial charge in [-0.25, -0.2) is 14.8 Å². The average Bonchev–Trinajstić information content (AvgIpc) is 2.81. The predicted octanol–water partition coefficient (Wildman–Crippen LogP) is 0.400. The molecular formula is C10H13N3O3. The zero-order valence-corrected chi connectivity index (χ0v) is 8.96. The van der Waals surface area contributed by atoms with Gasteiger partial charge < -0.3 is 14.7 Å². The van der Waals surface area contributed by atoms with Crippen LogP contribution in [-0.4, -0.2) is 47.3 Å². The number of anilines is 1. The number of carboxylic acids is 1. The number of hydrogen-bond donors (Lipinski definition) is 1. The molecule has 1 unspecified atom stereocenters. The highest BCUT2D eigenvalue weighted by Crippen LogP contribution is 2.16. The first-order valence-corrected chi connectivity index (χ1v) is 5.05. The SMILES string of the molecule is CN(c1nccc(C(=O)O)n1)C1CCOC1. The van der Waals surface area contributed by atoms with E-state index in [2.05, 4.69) is 9.97 Å². The fourth-order valence-corrected chi connectivity index (χ4v) is 1.63. The summed E-state index contributed by atoms with van der Waals surface area (Å²) in [7, 11) is 1.85. The summed E-state index contributed by atoms with van der Waals surface area (Å²) >= 11 is 0. The van der Waals surface area contributed by atoms with Crippen LogP contribution in [-0.2, 0) is 4.74 Å². The molecule has 1 aliphatic heterocycles. The Labute approximate surface area is 92.9 Å². The molecule has 0 aromatic carbocycles. The van der Waals surface area contributed by atoms with Crippen molar-refractivity contribution >= 4 is 11.9 Å². The van der Waals surface area contributed by atoms with E-state index in [1.54, 1.807) is 0 Å². The van der Waals surface area contributed by atoms with Crippen molar-refractivity contribution < 1.29 is 14.6 Å². The molecule has 1 saturated heterocycles. The smallest absolute Gasteiger partial charge is 0.354 e. The molecule has 16 heavy (non-hydrogen) atoms. The molecule has 0 amide bonds. The first-order chi connectivity index (χ1) is 7.68. The summed E-state index contributed by atoms with van der Waals surface area (Å²) in [5.41, 5.74) is 0.00997. The summed E-state index contributed by atoms with van der Waals surface area (Å²) in [6.07, 6.45) is 2.37. The van der Waals surface area contributed by atoms with Gasteiger partial charge in [0.1, 0.15) is 0 Å². The van der Waals surface area contributed by atoms with E-state index in [4.69, 9.17) is 9.84 Å². The Hall–Kier alpha value is -1.69. The Morgan fingerprint density at radius 3 is 3.12 bits per heavy atom. The lowest BCUT2D eigenvalue weighted by Crippen LogP contribution is -2.33.